The summed E-state index contributed by atoms with van der Waals surface area (Å²) in [5.41, 5.74) is -1.47. The lowest BCUT2D eigenvalue weighted by Crippen LogP contribution is -2.66. The Labute approximate surface area is 307 Å². The molecule has 16 atom stereocenters. The van der Waals surface area contributed by atoms with Crippen LogP contribution >= 0.6 is 0 Å². The predicted octanol–water partition coefficient (Wildman–Crippen LogP) is 1.42. The van der Waals surface area contributed by atoms with Gasteiger partial charge in [0.05, 0.1) is 43.0 Å². The molecule has 15 nitrogen and oxygen atoms in total. The maximum absolute atomic E-state index is 12.9. The molecule has 52 heavy (non-hydrogen) atoms. The molecule has 298 valence electrons. The number of hydrogen-bond acceptors (Lipinski definition) is 15. The van der Waals surface area contributed by atoms with E-state index in [1.165, 1.54) is 21.0 Å². The normalized spacial score (nSPS) is 44.0. The molecule has 3 aliphatic rings. The summed E-state index contributed by atoms with van der Waals surface area (Å²) in [5.74, 6) is -2.23. The molecule has 2 fully saturated rings. The molecule has 15 heteroatoms. The summed E-state index contributed by atoms with van der Waals surface area (Å²) in [6.45, 7) is 9.74. The van der Waals surface area contributed by atoms with Crippen molar-refractivity contribution < 1.29 is 68.0 Å². The van der Waals surface area contributed by atoms with E-state index >= 15 is 0 Å². The van der Waals surface area contributed by atoms with Crippen LogP contribution < -0.4 is 0 Å². The van der Waals surface area contributed by atoms with Crippen LogP contribution in [-0.4, -0.2) is 150 Å². The van der Waals surface area contributed by atoms with Crippen LogP contribution in [0, 0.1) is 11.8 Å². The molecule has 3 rings (SSSR count). The Kier molecular flexibility index (Phi) is 16.8. The van der Waals surface area contributed by atoms with E-state index in [0.29, 0.717) is 12.7 Å². The number of esters is 2. The first kappa shape index (κ1) is 44.1. The minimum atomic E-state index is -1.47. The molecular weight excluding hydrogens is 682 g/mol. The first-order valence-corrected chi connectivity index (χ1v) is 18.1. The monoisotopic (exact) mass is 743 g/mol. The van der Waals surface area contributed by atoms with Crippen molar-refractivity contribution in [2.24, 2.45) is 11.8 Å². The molecule has 0 saturated carbocycles. The van der Waals surface area contributed by atoms with Gasteiger partial charge in [0.1, 0.15) is 36.3 Å². The van der Waals surface area contributed by atoms with Gasteiger partial charge in [0.15, 0.2) is 18.7 Å². The van der Waals surface area contributed by atoms with Crippen LogP contribution in [0.1, 0.15) is 73.6 Å². The fraction of sp³-hybridized carbons (Fsp3) is 0.811. The van der Waals surface area contributed by atoms with Gasteiger partial charge >= 0.3 is 11.9 Å². The second-order valence-electron chi connectivity index (χ2n) is 14.9. The summed E-state index contributed by atoms with van der Waals surface area (Å²) in [6, 6.07) is -0.749. The first-order chi connectivity index (χ1) is 24.4. The zero-order valence-electron chi connectivity index (χ0n) is 31.9. The highest BCUT2D eigenvalue weighted by atomic mass is 16.7. The molecule has 0 spiro atoms. The van der Waals surface area contributed by atoms with E-state index in [-0.39, 0.29) is 25.2 Å². The van der Waals surface area contributed by atoms with Crippen LogP contribution in [0.25, 0.3) is 0 Å². The van der Waals surface area contributed by atoms with E-state index < -0.39 is 110 Å². The van der Waals surface area contributed by atoms with E-state index in [1.807, 2.05) is 13.0 Å². The number of allylic oxidation sites excluding steroid dienone is 2. The molecule has 0 amide bonds. The fourth-order valence-electron chi connectivity index (χ4n) is 7.43. The van der Waals surface area contributed by atoms with Crippen molar-refractivity contribution in [3.63, 3.8) is 0 Å². The molecule has 0 aliphatic carbocycles. The van der Waals surface area contributed by atoms with Gasteiger partial charge < -0.3 is 63.3 Å². The van der Waals surface area contributed by atoms with Gasteiger partial charge in [0.2, 0.25) is 0 Å². The van der Waals surface area contributed by atoms with Crippen LogP contribution in [0.4, 0.5) is 0 Å². The lowest BCUT2D eigenvalue weighted by Gasteiger charge is -2.50. The second kappa shape index (κ2) is 19.9. The smallest absolute Gasteiger partial charge is 0.308 e. The number of carbonyl (C=O) groups is 3. The van der Waals surface area contributed by atoms with Gasteiger partial charge in [-0.25, -0.2) is 0 Å². The number of likely N-dealkylation sites (N-methyl/N-ethyl adjacent to an activating group) is 1. The number of aliphatic hydroxyl groups is 4. The van der Waals surface area contributed by atoms with Crippen molar-refractivity contribution in [1.82, 2.24) is 4.90 Å². The third-order valence-corrected chi connectivity index (χ3v) is 10.1. The number of methoxy groups -OCH3 is 1. The molecule has 16 unspecified atom stereocenters. The Morgan fingerprint density at radius 3 is 2.33 bits per heavy atom. The summed E-state index contributed by atoms with van der Waals surface area (Å²) in [4.78, 5) is 38.4. The number of ether oxygens (including phenoxy) is 7. The van der Waals surface area contributed by atoms with Crippen molar-refractivity contribution in [1.29, 1.82) is 0 Å². The zero-order chi connectivity index (χ0) is 38.9. The summed E-state index contributed by atoms with van der Waals surface area (Å²) in [7, 11) is 4.84. The number of carbonyl (C=O) groups excluding carboxylic acids is 3. The third-order valence-electron chi connectivity index (χ3n) is 10.1. The molecule has 0 aromatic rings. The molecule has 4 N–H and O–H groups in total. The minimum absolute atomic E-state index is 0.0335. The predicted molar refractivity (Wildman–Crippen MR) is 187 cm³/mol. The highest BCUT2D eigenvalue weighted by Crippen LogP contribution is 2.37. The molecule has 3 aliphatic heterocycles. The van der Waals surface area contributed by atoms with Crippen LogP contribution in [0.5, 0.6) is 0 Å². The second-order valence-corrected chi connectivity index (χ2v) is 14.9. The van der Waals surface area contributed by atoms with E-state index in [9.17, 15) is 34.8 Å². The summed E-state index contributed by atoms with van der Waals surface area (Å²) >= 11 is 0. The van der Waals surface area contributed by atoms with E-state index in [0.717, 1.165) is 0 Å². The van der Waals surface area contributed by atoms with Crippen molar-refractivity contribution in [3.8, 4) is 0 Å². The van der Waals surface area contributed by atoms with E-state index in [2.05, 4.69) is 0 Å². The maximum atomic E-state index is 12.9. The average molecular weight is 744 g/mol. The topological polar surface area (TPSA) is 200 Å². The molecule has 0 radical (unpaired) electrons. The number of hydrogen-bond donors (Lipinski definition) is 4. The largest absolute Gasteiger partial charge is 0.462 e. The Morgan fingerprint density at radius 1 is 1.04 bits per heavy atom. The zero-order valence-corrected chi connectivity index (χ0v) is 31.9. The summed E-state index contributed by atoms with van der Waals surface area (Å²) in [5, 5.41) is 45.4. The lowest BCUT2D eigenvalue weighted by molar-refractivity contribution is -0.344. The van der Waals surface area contributed by atoms with E-state index in [1.54, 1.807) is 58.0 Å². The van der Waals surface area contributed by atoms with Gasteiger partial charge in [-0.15, -0.1) is 0 Å². The molecule has 0 bridgehead atoms. The Bertz CT molecular complexity index is 1210. The maximum Gasteiger partial charge on any atom is 0.308 e. The van der Waals surface area contributed by atoms with Gasteiger partial charge in [-0.1, -0.05) is 31.2 Å². The summed E-state index contributed by atoms with van der Waals surface area (Å²) in [6.07, 6.45) is -4.09. The van der Waals surface area contributed by atoms with Crippen LogP contribution in [0.2, 0.25) is 0 Å². The molecule has 0 aromatic carbocycles. The van der Waals surface area contributed by atoms with Crippen molar-refractivity contribution in [3.05, 3.63) is 24.3 Å². The molecule has 0 aromatic heterocycles. The van der Waals surface area contributed by atoms with Gasteiger partial charge in [-0.3, -0.25) is 9.59 Å². The van der Waals surface area contributed by atoms with Crippen molar-refractivity contribution >= 4 is 18.2 Å². The summed E-state index contributed by atoms with van der Waals surface area (Å²) < 4.78 is 41.8. The number of aliphatic hydroxyl groups excluding tert-OH is 3. The first-order valence-electron chi connectivity index (χ1n) is 18.1. The van der Waals surface area contributed by atoms with E-state index in [4.69, 9.17) is 33.2 Å². The van der Waals surface area contributed by atoms with Gasteiger partial charge in [-0.2, -0.15) is 0 Å². The molecular formula is C37H61NO14. The number of nitrogens with zero attached hydrogens (tertiary/aromatic N) is 1. The van der Waals surface area contributed by atoms with Gasteiger partial charge in [0, 0.05) is 33.3 Å². The Morgan fingerprint density at radius 2 is 1.73 bits per heavy atom. The molecule has 3 heterocycles. The number of rotatable bonds is 9. The average Bonchev–Trinajstić information content (AvgIpc) is 3.03. The standard InChI is InChI=1S/C37H61NO14/c1-20-17-25(15-16-39)33(34(46-9)27(42)18-28(43)47-21(2)13-11-10-12-14-26(20)41)52-36-31(44)30(38(7)8)32(22(3)49-36)51-29-19-37(6,45)35(23(4)48-29)50-24(5)40/h10-12,14,16,20-23,25-27,29-36,41-42,44-45H,13,15,17-19H2,1-9H3/b11-10+,14-12+. The quantitative estimate of drug-likeness (QED) is 0.195. The van der Waals surface area contributed by atoms with Crippen molar-refractivity contribution in [2.75, 3.05) is 21.2 Å². The lowest BCUT2D eigenvalue weighted by atomic mass is 9.82. The highest BCUT2D eigenvalue weighted by molar-refractivity contribution is 5.70. The van der Waals surface area contributed by atoms with Crippen molar-refractivity contribution in [2.45, 2.75) is 159 Å². The van der Waals surface area contributed by atoms with Crippen LogP contribution in [0.3, 0.4) is 0 Å². The number of cyclic esters (lactones) is 1. The Hall–Kier alpha value is -2.31. The SMILES string of the molecule is COC1C(O)CC(=O)OC(C)C/C=C/C=C/C(O)C(C)CC(CC=O)C1OC1OC(C)C(OC2CC(C)(O)C(OC(C)=O)C(C)O2)C(N(C)C)C1O. The molecule has 2 saturated heterocycles. The third kappa shape index (κ3) is 11.8. The number of aldehydes is 1. The van der Waals surface area contributed by atoms with Gasteiger partial charge in [-0.05, 0) is 60.0 Å². The van der Waals surface area contributed by atoms with Crippen LogP contribution in [0.15, 0.2) is 24.3 Å². The fourth-order valence-corrected chi connectivity index (χ4v) is 7.43. The Balaban J connectivity index is 1.93. The van der Waals surface area contributed by atoms with Gasteiger partial charge in [0.25, 0.3) is 0 Å². The highest BCUT2D eigenvalue weighted by Gasteiger charge is 2.52. The minimum Gasteiger partial charge on any atom is -0.462 e. The van der Waals surface area contributed by atoms with Crippen LogP contribution in [-0.2, 0) is 47.5 Å².